The second-order valence-corrected chi connectivity index (χ2v) is 8.80. The molecule has 3 aromatic rings. The number of nitrogens with one attached hydrogen (secondary N) is 2. The molecule has 0 saturated carbocycles. The topological polar surface area (TPSA) is 80.3 Å². The highest BCUT2D eigenvalue weighted by Crippen LogP contribution is 2.31. The van der Waals surface area contributed by atoms with Crippen molar-refractivity contribution in [2.24, 2.45) is 0 Å². The predicted octanol–water partition coefficient (Wildman–Crippen LogP) is 4.75. The molecule has 2 aromatic carbocycles. The largest absolute Gasteiger partial charge is 0.497 e. The van der Waals surface area contributed by atoms with Crippen LogP contribution in [0, 0.1) is 13.8 Å². The number of hydrogen-bond acceptors (Lipinski definition) is 6. The lowest BCUT2D eigenvalue weighted by molar-refractivity contribution is -0.114. The number of thiazole rings is 1. The lowest BCUT2D eigenvalue weighted by Gasteiger charge is -2.05. The third-order valence-corrected chi connectivity index (χ3v) is 6.03. The molecular weight excluding hydrogens is 418 g/mol. The zero-order valence-electron chi connectivity index (χ0n) is 17.0. The van der Waals surface area contributed by atoms with Crippen molar-refractivity contribution in [1.29, 1.82) is 0 Å². The molecule has 0 aliphatic rings. The van der Waals surface area contributed by atoms with E-state index in [1.54, 1.807) is 7.11 Å². The number of amides is 2. The van der Waals surface area contributed by atoms with Crippen LogP contribution in [0.2, 0.25) is 0 Å². The van der Waals surface area contributed by atoms with Crippen LogP contribution in [-0.2, 0) is 9.59 Å². The molecule has 156 valence electrons. The number of carbonyl (C=O) groups is 2. The van der Waals surface area contributed by atoms with Crippen molar-refractivity contribution in [1.82, 2.24) is 4.98 Å². The summed E-state index contributed by atoms with van der Waals surface area (Å²) in [5.41, 5.74) is 3.68. The maximum atomic E-state index is 12.2. The first-order valence-corrected chi connectivity index (χ1v) is 11.3. The highest BCUT2D eigenvalue weighted by Gasteiger charge is 2.13. The van der Waals surface area contributed by atoms with Crippen LogP contribution in [0.1, 0.15) is 10.4 Å². The van der Waals surface area contributed by atoms with Gasteiger partial charge in [0, 0.05) is 16.1 Å². The van der Waals surface area contributed by atoms with Gasteiger partial charge in [-0.2, -0.15) is 0 Å². The molecule has 8 heteroatoms. The van der Waals surface area contributed by atoms with Gasteiger partial charge in [-0.15, -0.1) is 23.1 Å². The average molecular weight is 442 g/mol. The van der Waals surface area contributed by atoms with Crippen LogP contribution in [0.15, 0.2) is 48.5 Å². The molecular formula is C22H23N3O3S2. The van der Waals surface area contributed by atoms with Gasteiger partial charge in [-0.3, -0.25) is 9.59 Å². The van der Waals surface area contributed by atoms with Crippen molar-refractivity contribution in [3.05, 3.63) is 59.0 Å². The number of hydrogen-bond donors (Lipinski definition) is 2. The highest BCUT2D eigenvalue weighted by atomic mass is 32.2. The van der Waals surface area contributed by atoms with E-state index in [0.29, 0.717) is 5.13 Å². The van der Waals surface area contributed by atoms with Gasteiger partial charge in [-0.1, -0.05) is 17.7 Å². The number of methoxy groups -OCH3 is 1. The van der Waals surface area contributed by atoms with E-state index in [9.17, 15) is 9.59 Å². The fourth-order valence-corrected chi connectivity index (χ4v) is 4.16. The van der Waals surface area contributed by atoms with Crippen LogP contribution in [-0.4, -0.2) is 35.4 Å². The maximum Gasteiger partial charge on any atom is 0.236 e. The minimum Gasteiger partial charge on any atom is -0.497 e. The van der Waals surface area contributed by atoms with Gasteiger partial charge in [0.05, 0.1) is 24.3 Å². The van der Waals surface area contributed by atoms with Crippen molar-refractivity contribution in [3.8, 4) is 17.0 Å². The highest BCUT2D eigenvalue weighted by molar-refractivity contribution is 8.00. The molecule has 0 fully saturated rings. The lowest BCUT2D eigenvalue weighted by Crippen LogP contribution is -2.18. The molecule has 1 aromatic heterocycles. The Morgan fingerprint density at radius 2 is 1.60 bits per heavy atom. The number of benzene rings is 2. The van der Waals surface area contributed by atoms with Gasteiger partial charge in [0.1, 0.15) is 5.75 Å². The van der Waals surface area contributed by atoms with Crippen LogP contribution < -0.4 is 15.4 Å². The third kappa shape index (κ3) is 6.08. The van der Waals surface area contributed by atoms with E-state index in [1.165, 1.54) is 23.1 Å². The second kappa shape index (κ2) is 10.3. The Labute approximate surface area is 184 Å². The minimum absolute atomic E-state index is 0.136. The van der Waals surface area contributed by atoms with Gasteiger partial charge in [-0.25, -0.2) is 4.98 Å². The fourth-order valence-electron chi connectivity index (χ4n) is 2.69. The Morgan fingerprint density at radius 3 is 2.23 bits per heavy atom. The van der Waals surface area contributed by atoms with Crippen molar-refractivity contribution in [3.63, 3.8) is 0 Å². The Balaban J connectivity index is 1.47. The summed E-state index contributed by atoms with van der Waals surface area (Å²) in [4.78, 5) is 29.8. The van der Waals surface area contributed by atoms with E-state index in [0.717, 1.165) is 33.1 Å². The summed E-state index contributed by atoms with van der Waals surface area (Å²) in [6.45, 7) is 3.96. The van der Waals surface area contributed by atoms with Crippen molar-refractivity contribution >= 4 is 45.7 Å². The first kappa shape index (κ1) is 21.9. The molecule has 0 atom stereocenters. The molecule has 3 rings (SSSR count). The smallest absolute Gasteiger partial charge is 0.236 e. The molecule has 2 N–H and O–H groups in total. The second-order valence-electron chi connectivity index (χ2n) is 6.61. The molecule has 0 aliphatic carbocycles. The van der Waals surface area contributed by atoms with Crippen LogP contribution in [0.25, 0.3) is 11.3 Å². The van der Waals surface area contributed by atoms with Gasteiger partial charge in [0.25, 0.3) is 0 Å². The SMILES string of the molecule is COc1ccc(-c2nc(NC(=O)CSCC(=O)Nc3ccc(C)cc3)sc2C)cc1. The zero-order chi connectivity index (χ0) is 21.5. The number of aromatic nitrogens is 1. The summed E-state index contributed by atoms with van der Waals surface area (Å²) in [5.74, 6) is 0.845. The van der Waals surface area contributed by atoms with E-state index in [2.05, 4.69) is 15.6 Å². The standard InChI is InChI=1S/C22H23N3O3S2/c1-14-4-8-17(9-5-14)23-19(26)12-29-13-20(27)24-22-25-21(15(2)30-22)16-6-10-18(28-3)11-7-16/h4-11H,12-13H2,1-3H3,(H,23,26)(H,24,25,27). The molecule has 0 unspecified atom stereocenters. The van der Waals surface area contributed by atoms with Crippen molar-refractivity contribution in [2.75, 3.05) is 29.2 Å². The van der Waals surface area contributed by atoms with E-state index >= 15 is 0 Å². The van der Waals surface area contributed by atoms with E-state index in [4.69, 9.17) is 4.74 Å². The van der Waals surface area contributed by atoms with E-state index in [1.807, 2.05) is 62.4 Å². The maximum absolute atomic E-state index is 12.2. The Kier molecular flexibility index (Phi) is 7.48. The van der Waals surface area contributed by atoms with Crippen LogP contribution in [0.4, 0.5) is 10.8 Å². The normalized spacial score (nSPS) is 10.5. The monoisotopic (exact) mass is 441 g/mol. The average Bonchev–Trinajstić information content (AvgIpc) is 3.09. The molecule has 2 amide bonds. The molecule has 1 heterocycles. The molecule has 6 nitrogen and oxygen atoms in total. The predicted molar refractivity (Wildman–Crippen MR) is 125 cm³/mol. The van der Waals surface area contributed by atoms with Crippen molar-refractivity contribution in [2.45, 2.75) is 13.8 Å². The van der Waals surface area contributed by atoms with Crippen LogP contribution in [0.5, 0.6) is 5.75 Å². The van der Waals surface area contributed by atoms with Crippen LogP contribution in [0.3, 0.4) is 0 Å². The summed E-state index contributed by atoms with van der Waals surface area (Å²) in [5, 5.41) is 6.18. The summed E-state index contributed by atoms with van der Waals surface area (Å²) in [7, 11) is 1.63. The molecule has 0 bridgehead atoms. The number of rotatable bonds is 8. The van der Waals surface area contributed by atoms with Gasteiger partial charge >= 0.3 is 0 Å². The Bertz CT molecular complexity index is 1020. The molecule has 0 spiro atoms. The zero-order valence-corrected chi connectivity index (χ0v) is 18.7. The fraction of sp³-hybridized carbons (Fsp3) is 0.227. The quantitative estimate of drug-likeness (QED) is 0.527. The number of nitrogens with zero attached hydrogens (tertiary/aromatic N) is 1. The van der Waals surface area contributed by atoms with Crippen LogP contribution >= 0.6 is 23.1 Å². The Hall–Kier alpha value is -2.84. The van der Waals surface area contributed by atoms with Crippen molar-refractivity contribution < 1.29 is 14.3 Å². The summed E-state index contributed by atoms with van der Waals surface area (Å²) < 4.78 is 5.18. The molecule has 0 saturated heterocycles. The third-order valence-electron chi connectivity index (χ3n) is 4.21. The summed E-state index contributed by atoms with van der Waals surface area (Å²) >= 11 is 2.69. The van der Waals surface area contributed by atoms with E-state index in [-0.39, 0.29) is 23.3 Å². The number of ether oxygens (including phenoxy) is 1. The number of aryl methyl sites for hydroxylation is 2. The number of anilines is 2. The van der Waals surface area contributed by atoms with Gasteiger partial charge in [-0.05, 0) is 50.2 Å². The molecule has 0 aliphatic heterocycles. The number of carbonyl (C=O) groups excluding carboxylic acids is 2. The Morgan fingerprint density at radius 1 is 0.967 bits per heavy atom. The van der Waals surface area contributed by atoms with E-state index < -0.39 is 0 Å². The first-order chi connectivity index (χ1) is 14.4. The van der Waals surface area contributed by atoms with Gasteiger partial charge in [0.2, 0.25) is 11.8 Å². The van der Waals surface area contributed by atoms with Gasteiger partial charge < -0.3 is 15.4 Å². The summed E-state index contributed by atoms with van der Waals surface area (Å²) in [6, 6.07) is 15.2. The number of thioether (sulfide) groups is 1. The first-order valence-electron chi connectivity index (χ1n) is 9.30. The molecule has 30 heavy (non-hydrogen) atoms. The minimum atomic E-state index is -0.182. The lowest BCUT2D eigenvalue weighted by atomic mass is 10.1. The molecule has 0 radical (unpaired) electrons. The summed E-state index contributed by atoms with van der Waals surface area (Å²) in [6.07, 6.45) is 0. The van der Waals surface area contributed by atoms with Gasteiger partial charge in [0.15, 0.2) is 5.13 Å².